The lowest BCUT2D eigenvalue weighted by Gasteiger charge is -2.47. The van der Waals surface area contributed by atoms with E-state index in [9.17, 15) is 9.59 Å². The van der Waals surface area contributed by atoms with Crippen LogP contribution in [-0.2, 0) is 0 Å². The third-order valence-corrected chi connectivity index (χ3v) is 8.37. The van der Waals surface area contributed by atoms with E-state index in [0.29, 0.717) is 23.1 Å². The first-order valence-corrected chi connectivity index (χ1v) is 13.8. The fourth-order valence-corrected chi connectivity index (χ4v) is 6.08. The van der Waals surface area contributed by atoms with E-state index >= 15 is 0 Å². The highest BCUT2D eigenvalue weighted by atomic mass is 16.2. The fourth-order valence-electron chi connectivity index (χ4n) is 6.08. The van der Waals surface area contributed by atoms with Gasteiger partial charge in [-0.15, -0.1) is 0 Å². The van der Waals surface area contributed by atoms with Gasteiger partial charge in [0.25, 0.3) is 11.5 Å². The monoisotopic (exact) mass is 500 g/mol. The highest BCUT2D eigenvalue weighted by Crippen LogP contribution is 2.37. The second kappa shape index (κ2) is 9.89. The van der Waals surface area contributed by atoms with Crippen LogP contribution in [0.5, 0.6) is 0 Å². The maximum Gasteiger partial charge on any atom is 0.264 e. The summed E-state index contributed by atoms with van der Waals surface area (Å²) in [5, 5.41) is 0.607. The highest BCUT2D eigenvalue weighted by Gasteiger charge is 2.37. The molecule has 1 atom stereocenters. The predicted molar refractivity (Wildman–Crippen MR) is 145 cm³/mol. The average molecular weight is 501 g/mol. The Labute approximate surface area is 217 Å². The number of piperidine rings is 1. The number of aryl methyl sites for hydroxylation is 1. The van der Waals surface area contributed by atoms with E-state index in [4.69, 9.17) is 4.98 Å². The Morgan fingerprint density at radius 2 is 1.73 bits per heavy atom. The normalized spacial score (nSPS) is 21.5. The van der Waals surface area contributed by atoms with Crippen molar-refractivity contribution in [2.75, 3.05) is 37.6 Å². The summed E-state index contributed by atoms with van der Waals surface area (Å²) < 4.78 is 1.93. The molecule has 2 saturated heterocycles. The molecular weight excluding hydrogens is 464 g/mol. The van der Waals surface area contributed by atoms with Crippen LogP contribution in [-0.4, -0.2) is 75.0 Å². The molecule has 3 aromatic rings. The molecule has 2 aromatic heterocycles. The van der Waals surface area contributed by atoms with Gasteiger partial charge in [-0.05, 0) is 63.3 Å². The van der Waals surface area contributed by atoms with Crippen molar-refractivity contribution in [1.82, 2.24) is 24.3 Å². The van der Waals surface area contributed by atoms with Gasteiger partial charge < -0.3 is 9.80 Å². The second-order valence-corrected chi connectivity index (χ2v) is 10.8. The number of aromatic nitrogens is 3. The van der Waals surface area contributed by atoms with Crippen LogP contribution in [0.15, 0.2) is 47.4 Å². The minimum Gasteiger partial charge on any atom is -0.339 e. The molecule has 8 nitrogen and oxygen atoms in total. The first-order chi connectivity index (χ1) is 18.0. The SMILES string of the molecule is CC[C@H]1CN(c2nc3ncccc3c(=O)n2C2CC2)CCN1C1CCN(C(=O)c2ccc(C)cc2)CC1. The highest BCUT2D eigenvalue weighted by molar-refractivity contribution is 5.94. The lowest BCUT2D eigenvalue weighted by molar-refractivity contribution is 0.0489. The van der Waals surface area contributed by atoms with E-state index in [0.717, 1.165) is 76.3 Å². The number of likely N-dealkylation sites (tertiary alicyclic amines) is 1. The molecule has 0 unspecified atom stereocenters. The third kappa shape index (κ3) is 4.63. The van der Waals surface area contributed by atoms with Gasteiger partial charge >= 0.3 is 0 Å². The molecule has 1 saturated carbocycles. The smallest absolute Gasteiger partial charge is 0.264 e. The van der Waals surface area contributed by atoms with E-state index in [-0.39, 0.29) is 17.5 Å². The van der Waals surface area contributed by atoms with Crippen LogP contribution < -0.4 is 10.5 Å². The number of benzene rings is 1. The number of rotatable bonds is 5. The minimum atomic E-state index is 0.0386. The van der Waals surface area contributed by atoms with Gasteiger partial charge in [-0.2, -0.15) is 4.98 Å². The van der Waals surface area contributed by atoms with Crippen molar-refractivity contribution in [3.8, 4) is 0 Å². The number of hydrogen-bond donors (Lipinski definition) is 0. The summed E-state index contributed by atoms with van der Waals surface area (Å²) in [6.07, 6.45) is 6.83. The first-order valence-electron chi connectivity index (χ1n) is 13.8. The number of piperazine rings is 1. The predicted octanol–water partition coefficient (Wildman–Crippen LogP) is 3.64. The molecule has 0 N–H and O–H groups in total. The van der Waals surface area contributed by atoms with Gasteiger partial charge in [-0.3, -0.25) is 19.1 Å². The lowest BCUT2D eigenvalue weighted by Crippen LogP contribution is -2.59. The van der Waals surface area contributed by atoms with Gasteiger partial charge in [0.05, 0.1) is 5.39 Å². The van der Waals surface area contributed by atoms with E-state index in [1.54, 1.807) is 6.20 Å². The fraction of sp³-hybridized carbons (Fsp3) is 0.517. The number of fused-ring (bicyclic) bond motifs is 1. The topological polar surface area (TPSA) is 74.6 Å². The summed E-state index contributed by atoms with van der Waals surface area (Å²) in [4.78, 5) is 42.6. The Bertz CT molecular complexity index is 1340. The van der Waals surface area contributed by atoms with Gasteiger partial charge in [0.2, 0.25) is 5.95 Å². The molecular formula is C29H36N6O2. The van der Waals surface area contributed by atoms with Crippen LogP contribution in [0.2, 0.25) is 0 Å². The molecule has 2 aliphatic heterocycles. The van der Waals surface area contributed by atoms with Crippen molar-refractivity contribution in [2.24, 2.45) is 0 Å². The number of amides is 1. The van der Waals surface area contributed by atoms with Crippen LogP contribution in [0.25, 0.3) is 11.0 Å². The largest absolute Gasteiger partial charge is 0.339 e. The number of pyridine rings is 1. The van der Waals surface area contributed by atoms with Gasteiger partial charge in [-0.25, -0.2) is 4.98 Å². The van der Waals surface area contributed by atoms with Gasteiger partial charge in [0.15, 0.2) is 5.65 Å². The Kier molecular flexibility index (Phi) is 6.44. The second-order valence-electron chi connectivity index (χ2n) is 10.8. The summed E-state index contributed by atoms with van der Waals surface area (Å²) in [5.74, 6) is 0.930. The quantitative estimate of drug-likeness (QED) is 0.533. The van der Waals surface area contributed by atoms with Crippen LogP contribution in [0.3, 0.4) is 0 Å². The summed E-state index contributed by atoms with van der Waals surface area (Å²) in [5.41, 5.74) is 2.53. The van der Waals surface area contributed by atoms with E-state index in [1.165, 1.54) is 5.56 Å². The zero-order valence-electron chi connectivity index (χ0n) is 21.8. The zero-order chi connectivity index (χ0) is 25.5. The Morgan fingerprint density at radius 3 is 2.43 bits per heavy atom. The maximum atomic E-state index is 13.4. The van der Waals surface area contributed by atoms with Crippen molar-refractivity contribution in [2.45, 2.75) is 64.1 Å². The lowest BCUT2D eigenvalue weighted by atomic mass is 9.97. The van der Waals surface area contributed by atoms with E-state index in [1.807, 2.05) is 52.8 Å². The summed E-state index contributed by atoms with van der Waals surface area (Å²) in [6.45, 7) is 8.53. The van der Waals surface area contributed by atoms with Crippen molar-refractivity contribution >= 4 is 22.9 Å². The molecule has 194 valence electrons. The first kappa shape index (κ1) is 24.1. The van der Waals surface area contributed by atoms with Crippen molar-refractivity contribution < 1.29 is 4.79 Å². The summed E-state index contributed by atoms with van der Waals surface area (Å²) in [7, 11) is 0. The Hall–Kier alpha value is -3.26. The van der Waals surface area contributed by atoms with Gasteiger partial charge in [0, 0.05) is 62.6 Å². The number of carbonyl (C=O) groups is 1. The van der Waals surface area contributed by atoms with E-state index in [2.05, 4.69) is 21.7 Å². The summed E-state index contributed by atoms with van der Waals surface area (Å²) in [6, 6.07) is 12.7. The third-order valence-electron chi connectivity index (χ3n) is 8.37. The standard InChI is InChI=1S/C29H36N6O2/c1-3-22-19-33(29-31-26-25(5-4-14-30-26)28(37)35(29)24-10-11-24)17-18-34(22)23-12-15-32(16-13-23)27(36)21-8-6-20(2)7-9-21/h4-9,14,22-24H,3,10-13,15-19H2,1-2H3/t22-/m0/s1. The van der Waals surface area contributed by atoms with Crippen molar-refractivity contribution in [3.63, 3.8) is 0 Å². The van der Waals surface area contributed by atoms with Crippen LogP contribution >= 0.6 is 0 Å². The van der Waals surface area contributed by atoms with Crippen LogP contribution in [0, 0.1) is 6.92 Å². The number of hydrogen-bond acceptors (Lipinski definition) is 6. The average Bonchev–Trinajstić information content (AvgIpc) is 3.78. The molecule has 0 bridgehead atoms. The molecule has 3 fully saturated rings. The summed E-state index contributed by atoms with van der Waals surface area (Å²) >= 11 is 0. The molecule has 8 heteroatoms. The molecule has 0 spiro atoms. The van der Waals surface area contributed by atoms with Crippen molar-refractivity contribution in [1.29, 1.82) is 0 Å². The Balaban J connectivity index is 1.16. The molecule has 0 radical (unpaired) electrons. The van der Waals surface area contributed by atoms with Gasteiger partial charge in [0.1, 0.15) is 0 Å². The van der Waals surface area contributed by atoms with Gasteiger partial charge in [-0.1, -0.05) is 24.6 Å². The molecule has 1 aliphatic carbocycles. The maximum absolute atomic E-state index is 13.4. The van der Waals surface area contributed by atoms with Crippen LogP contribution in [0.4, 0.5) is 5.95 Å². The molecule has 37 heavy (non-hydrogen) atoms. The minimum absolute atomic E-state index is 0.0386. The molecule has 6 rings (SSSR count). The molecule has 1 amide bonds. The Morgan fingerprint density at radius 1 is 0.973 bits per heavy atom. The number of anilines is 1. The van der Waals surface area contributed by atoms with E-state index < -0.39 is 0 Å². The molecule has 3 aliphatic rings. The van der Waals surface area contributed by atoms with Crippen molar-refractivity contribution in [3.05, 3.63) is 64.1 Å². The van der Waals surface area contributed by atoms with Crippen LogP contribution in [0.1, 0.15) is 61.0 Å². The molecule has 4 heterocycles. The zero-order valence-corrected chi connectivity index (χ0v) is 21.8. The molecule has 1 aromatic carbocycles. The number of nitrogens with zero attached hydrogens (tertiary/aromatic N) is 6. The number of carbonyl (C=O) groups excluding carboxylic acids is 1.